The number of halogens is 1. The average molecular weight is 519 g/mol. The smallest absolute Gasteiger partial charge is 0.407 e. The summed E-state index contributed by atoms with van der Waals surface area (Å²) in [5, 5.41) is 23.5. The first-order valence-corrected chi connectivity index (χ1v) is 11.7. The lowest BCUT2D eigenvalue weighted by molar-refractivity contribution is -0.384. The number of hydrogen-bond donors (Lipinski definition) is 2. The SMILES string of the molecule is O=C(CN(CCCN1CCOCC1)C(=O)O)NCc1ccc([N+](=O)[O-])cc1C(=O)c1ccccc1Cl. The molecule has 0 radical (unpaired) electrons. The van der Waals surface area contributed by atoms with Crippen molar-refractivity contribution in [1.82, 2.24) is 15.1 Å². The summed E-state index contributed by atoms with van der Waals surface area (Å²) in [5.74, 6) is -1.08. The number of carboxylic acid groups (broad SMARTS) is 1. The highest BCUT2D eigenvalue weighted by molar-refractivity contribution is 6.35. The van der Waals surface area contributed by atoms with Crippen molar-refractivity contribution >= 4 is 35.1 Å². The third-order valence-corrected chi connectivity index (χ3v) is 6.08. The van der Waals surface area contributed by atoms with Crippen LogP contribution in [0.15, 0.2) is 42.5 Å². The maximum atomic E-state index is 13.1. The molecule has 0 saturated carbocycles. The van der Waals surface area contributed by atoms with Gasteiger partial charge in [-0.05, 0) is 30.2 Å². The number of rotatable bonds is 11. The van der Waals surface area contributed by atoms with Crippen molar-refractivity contribution in [2.75, 3.05) is 45.9 Å². The molecule has 11 nitrogen and oxygen atoms in total. The molecule has 0 spiro atoms. The molecule has 2 aromatic rings. The van der Waals surface area contributed by atoms with Crippen molar-refractivity contribution in [2.24, 2.45) is 0 Å². The first-order valence-electron chi connectivity index (χ1n) is 11.4. The zero-order valence-corrected chi connectivity index (χ0v) is 20.3. The van der Waals surface area contributed by atoms with Crippen LogP contribution in [0.25, 0.3) is 0 Å². The number of nitrogens with zero attached hydrogens (tertiary/aromatic N) is 3. The van der Waals surface area contributed by atoms with E-state index in [9.17, 15) is 29.6 Å². The van der Waals surface area contributed by atoms with Crippen LogP contribution in [0, 0.1) is 10.1 Å². The molecule has 1 fully saturated rings. The minimum Gasteiger partial charge on any atom is -0.465 e. The van der Waals surface area contributed by atoms with E-state index in [2.05, 4.69) is 10.2 Å². The Kier molecular flexibility index (Phi) is 9.74. The summed E-state index contributed by atoms with van der Waals surface area (Å²) in [7, 11) is 0. The predicted octanol–water partition coefficient (Wildman–Crippen LogP) is 2.80. The minimum atomic E-state index is -1.21. The molecule has 0 atom stereocenters. The summed E-state index contributed by atoms with van der Waals surface area (Å²) in [5.41, 5.74) is 0.258. The van der Waals surface area contributed by atoms with Crippen molar-refractivity contribution < 1.29 is 29.2 Å². The molecule has 1 saturated heterocycles. The van der Waals surface area contributed by atoms with Crippen LogP contribution in [-0.2, 0) is 16.1 Å². The molecule has 0 bridgehead atoms. The van der Waals surface area contributed by atoms with E-state index in [0.29, 0.717) is 31.7 Å². The molecular weight excluding hydrogens is 492 g/mol. The first-order chi connectivity index (χ1) is 17.3. The quantitative estimate of drug-likeness (QED) is 0.262. The molecule has 2 amide bonds. The van der Waals surface area contributed by atoms with Gasteiger partial charge in [-0.3, -0.25) is 29.5 Å². The van der Waals surface area contributed by atoms with Crippen LogP contribution in [-0.4, -0.2) is 83.6 Å². The number of morpholine rings is 1. The molecule has 192 valence electrons. The molecule has 12 heteroatoms. The second-order valence-corrected chi connectivity index (χ2v) is 8.60. The van der Waals surface area contributed by atoms with E-state index in [4.69, 9.17) is 16.3 Å². The fourth-order valence-electron chi connectivity index (χ4n) is 3.81. The van der Waals surface area contributed by atoms with Crippen LogP contribution in [0.5, 0.6) is 0 Å². The van der Waals surface area contributed by atoms with Gasteiger partial charge in [0.1, 0.15) is 6.54 Å². The summed E-state index contributed by atoms with van der Waals surface area (Å²) in [4.78, 5) is 51.1. The third kappa shape index (κ3) is 7.48. The molecule has 1 aliphatic rings. The van der Waals surface area contributed by atoms with E-state index in [1.54, 1.807) is 12.1 Å². The monoisotopic (exact) mass is 518 g/mol. The number of carbonyl (C=O) groups is 3. The second-order valence-electron chi connectivity index (χ2n) is 8.20. The number of carbonyl (C=O) groups excluding carboxylic acids is 2. The highest BCUT2D eigenvalue weighted by Crippen LogP contribution is 2.24. The van der Waals surface area contributed by atoms with E-state index < -0.39 is 22.7 Å². The van der Waals surface area contributed by atoms with Crippen LogP contribution in [0.4, 0.5) is 10.5 Å². The van der Waals surface area contributed by atoms with Gasteiger partial charge in [0.25, 0.3) is 5.69 Å². The Morgan fingerprint density at radius 1 is 1.14 bits per heavy atom. The fourth-order valence-corrected chi connectivity index (χ4v) is 4.03. The molecule has 1 aliphatic heterocycles. The maximum absolute atomic E-state index is 13.1. The van der Waals surface area contributed by atoms with Crippen LogP contribution >= 0.6 is 11.6 Å². The van der Waals surface area contributed by atoms with Crippen LogP contribution in [0.3, 0.4) is 0 Å². The summed E-state index contributed by atoms with van der Waals surface area (Å²) in [6, 6.07) is 10.1. The van der Waals surface area contributed by atoms with Gasteiger partial charge in [-0.2, -0.15) is 0 Å². The topological polar surface area (TPSA) is 142 Å². The number of nitro benzene ring substituents is 1. The Balaban J connectivity index is 1.64. The molecular formula is C24H27ClN4O7. The van der Waals surface area contributed by atoms with Gasteiger partial charge >= 0.3 is 6.09 Å². The Morgan fingerprint density at radius 3 is 2.53 bits per heavy atom. The molecule has 0 unspecified atom stereocenters. The Hall–Kier alpha value is -3.54. The Bertz CT molecular complexity index is 1120. The maximum Gasteiger partial charge on any atom is 0.407 e. The fraction of sp³-hybridized carbons (Fsp3) is 0.375. The average Bonchev–Trinajstić information content (AvgIpc) is 2.87. The highest BCUT2D eigenvalue weighted by atomic mass is 35.5. The normalized spacial score (nSPS) is 13.7. The van der Waals surface area contributed by atoms with Crippen molar-refractivity contribution in [2.45, 2.75) is 13.0 Å². The number of amides is 2. The lowest BCUT2D eigenvalue weighted by Gasteiger charge is -2.27. The number of nitrogens with one attached hydrogen (secondary N) is 1. The lowest BCUT2D eigenvalue weighted by atomic mass is 9.97. The summed E-state index contributed by atoms with van der Waals surface area (Å²) >= 11 is 6.13. The van der Waals surface area contributed by atoms with Crippen molar-refractivity contribution in [3.05, 3.63) is 74.3 Å². The molecule has 0 aliphatic carbocycles. The molecule has 0 aromatic heterocycles. The lowest BCUT2D eigenvalue weighted by Crippen LogP contribution is -2.42. The first kappa shape index (κ1) is 27.1. The van der Waals surface area contributed by atoms with Crippen LogP contribution in [0.1, 0.15) is 27.9 Å². The van der Waals surface area contributed by atoms with Crippen molar-refractivity contribution in [3.8, 4) is 0 Å². The predicted molar refractivity (Wildman–Crippen MR) is 131 cm³/mol. The van der Waals surface area contributed by atoms with Crippen molar-refractivity contribution in [1.29, 1.82) is 0 Å². The summed E-state index contributed by atoms with van der Waals surface area (Å²) in [6.45, 7) is 3.27. The van der Waals surface area contributed by atoms with E-state index in [1.165, 1.54) is 24.3 Å². The highest BCUT2D eigenvalue weighted by Gasteiger charge is 2.21. The van der Waals surface area contributed by atoms with E-state index in [0.717, 1.165) is 24.1 Å². The molecule has 36 heavy (non-hydrogen) atoms. The van der Waals surface area contributed by atoms with Gasteiger partial charge in [-0.1, -0.05) is 23.7 Å². The van der Waals surface area contributed by atoms with Crippen LogP contribution < -0.4 is 5.32 Å². The Morgan fingerprint density at radius 2 is 1.86 bits per heavy atom. The number of ketones is 1. The Labute approximate surface area is 212 Å². The zero-order chi connectivity index (χ0) is 26.1. The molecule has 1 heterocycles. The number of benzene rings is 2. The standard InChI is InChI=1S/C24H27ClN4O7/c25-21-5-2-1-4-19(21)23(31)20-14-18(29(34)35)7-6-17(20)15-26-22(30)16-28(24(32)33)9-3-8-27-10-12-36-13-11-27/h1-2,4-7,14H,3,8-13,15-16H2,(H,26,30)(H,32,33). The molecule has 3 rings (SSSR count). The molecule has 2 N–H and O–H groups in total. The second kappa shape index (κ2) is 13.0. The van der Waals surface area contributed by atoms with Gasteiger partial charge < -0.3 is 15.2 Å². The summed E-state index contributed by atoms with van der Waals surface area (Å²) in [6.07, 6.45) is -0.643. The number of hydrogen-bond acceptors (Lipinski definition) is 7. The number of ether oxygens (including phenoxy) is 1. The molecule has 2 aromatic carbocycles. The minimum absolute atomic E-state index is 0.0261. The van der Waals surface area contributed by atoms with E-state index in [1.807, 2.05) is 0 Å². The number of nitro groups is 1. The van der Waals surface area contributed by atoms with Gasteiger partial charge in [-0.25, -0.2) is 4.79 Å². The van der Waals surface area contributed by atoms with Gasteiger partial charge in [0.05, 0.1) is 23.2 Å². The van der Waals surface area contributed by atoms with E-state index >= 15 is 0 Å². The number of non-ortho nitro benzene ring substituents is 1. The largest absolute Gasteiger partial charge is 0.465 e. The van der Waals surface area contributed by atoms with Crippen LogP contribution in [0.2, 0.25) is 5.02 Å². The third-order valence-electron chi connectivity index (χ3n) is 5.75. The van der Waals surface area contributed by atoms with Gasteiger partial charge in [0.2, 0.25) is 5.91 Å². The van der Waals surface area contributed by atoms with Gasteiger partial charge in [0.15, 0.2) is 5.78 Å². The van der Waals surface area contributed by atoms with Gasteiger partial charge in [0, 0.05) is 56.0 Å². The van der Waals surface area contributed by atoms with E-state index in [-0.39, 0.29) is 41.5 Å². The zero-order valence-electron chi connectivity index (χ0n) is 19.5. The summed E-state index contributed by atoms with van der Waals surface area (Å²) < 4.78 is 5.29. The van der Waals surface area contributed by atoms with Gasteiger partial charge in [-0.15, -0.1) is 0 Å². The van der Waals surface area contributed by atoms with Crippen molar-refractivity contribution in [3.63, 3.8) is 0 Å².